The third-order valence-electron chi connectivity index (χ3n) is 6.55. The summed E-state index contributed by atoms with van der Waals surface area (Å²) in [4.78, 5) is 12.3. The van der Waals surface area contributed by atoms with Crippen LogP contribution in [0.4, 0.5) is 0 Å². The Morgan fingerprint density at radius 3 is 1.94 bits per heavy atom. The first-order valence-corrected chi connectivity index (χ1v) is 11.2. The fraction of sp³-hybridized carbons (Fsp3) is 0. The van der Waals surface area contributed by atoms with E-state index >= 15 is 0 Å². The Kier molecular flexibility index (Phi) is 4.00. The van der Waals surface area contributed by atoms with Crippen LogP contribution in [0.5, 0.6) is 0 Å². The molecule has 0 amide bonds. The van der Waals surface area contributed by atoms with Crippen molar-refractivity contribution in [1.29, 1.82) is 0 Å². The first kappa shape index (κ1) is 18.9. The quantitative estimate of drug-likeness (QED) is 0.202. The minimum Gasteiger partial charge on any atom is -0.455 e. The summed E-state index contributed by atoms with van der Waals surface area (Å²) in [5, 5.41) is 4.69. The zero-order valence-electron chi connectivity index (χ0n) is 18.1. The van der Waals surface area contributed by atoms with Crippen molar-refractivity contribution in [3.8, 4) is 22.3 Å². The van der Waals surface area contributed by atoms with E-state index in [9.17, 15) is 4.79 Å². The summed E-state index contributed by atoms with van der Waals surface area (Å²) in [7, 11) is 0. The molecule has 160 valence electrons. The van der Waals surface area contributed by atoms with Gasteiger partial charge in [0.15, 0.2) is 0 Å². The van der Waals surface area contributed by atoms with Crippen LogP contribution in [0, 0.1) is 0 Å². The second kappa shape index (κ2) is 7.19. The number of hydrogen-bond acceptors (Lipinski definition) is 3. The largest absolute Gasteiger partial charge is 0.455 e. The maximum Gasteiger partial charge on any atom is 0.344 e. The van der Waals surface area contributed by atoms with Crippen LogP contribution in [0.3, 0.4) is 0 Å². The summed E-state index contributed by atoms with van der Waals surface area (Å²) in [6.45, 7) is 0. The first-order chi connectivity index (χ1) is 16.8. The van der Waals surface area contributed by atoms with Gasteiger partial charge in [-0.2, -0.15) is 0 Å². The SMILES string of the molecule is O=c1oc2ccc(-c3ccc(-c4cccc5c4oc4ccccc45)cc3)cc2c2ccccc12. The van der Waals surface area contributed by atoms with Crippen LogP contribution in [0.2, 0.25) is 0 Å². The standard InChI is InChI=1S/C31H18O3/c32-31-26-8-2-1-6-23(26)27-18-21(16-17-29(27)34-31)19-12-14-20(15-13-19)22-9-5-10-25-24-7-3-4-11-28(24)33-30(22)25/h1-18H. The Balaban J connectivity index is 1.35. The van der Waals surface area contributed by atoms with E-state index in [1.54, 1.807) is 6.07 Å². The van der Waals surface area contributed by atoms with Gasteiger partial charge >= 0.3 is 5.63 Å². The molecule has 0 atom stereocenters. The van der Waals surface area contributed by atoms with Crippen molar-refractivity contribution in [2.45, 2.75) is 0 Å². The molecule has 0 unspecified atom stereocenters. The van der Waals surface area contributed by atoms with Gasteiger partial charge in [0.1, 0.15) is 16.7 Å². The zero-order valence-corrected chi connectivity index (χ0v) is 18.1. The molecule has 3 heteroatoms. The van der Waals surface area contributed by atoms with Gasteiger partial charge in [0.05, 0.1) is 5.39 Å². The van der Waals surface area contributed by atoms with E-state index in [0.29, 0.717) is 11.0 Å². The van der Waals surface area contributed by atoms with Crippen LogP contribution in [-0.4, -0.2) is 0 Å². The van der Waals surface area contributed by atoms with Crippen molar-refractivity contribution in [3.05, 3.63) is 120 Å². The summed E-state index contributed by atoms with van der Waals surface area (Å²) in [6.07, 6.45) is 0. The highest BCUT2D eigenvalue weighted by Crippen LogP contribution is 2.36. The van der Waals surface area contributed by atoms with Gasteiger partial charge in [0, 0.05) is 21.7 Å². The molecule has 0 spiro atoms. The number of rotatable bonds is 2. The van der Waals surface area contributed by atoms with Crippen molar-refractivity contribution in [3.63, 3.8) is 0 Å². The van der Waals surface area contributed by atoms with E-state index in [-0.39, 0.29) is 5.63 Å². The number of para-hydroxylation sites is 2. The van der Waals surface area contributed by atoms with Crippen molar-refractivity contribution >= 4 is 43.7 Å². The van der Waals surface area contributed by atoms with Gasteiger partial charge in [-0.05, 0) is 46.3 Å². The Bertz CT molecular complexity index is 1920. The predicted octanol–water partition coefficient (Wildman–Crippen LogP) is 8.18. The molecule has 0 aliphatic rings. The molecule has 7 rings (SSSR count). The van der Waals surface area contributed by atoms with Gasteiger partial charge in [0.25, 0.3) is 0 Å². The topological polar surface area (TPSA) is 43.4 Å². The monoisotopic (exact) mass is 438 g/mol. The highest BCUT2D eigenvalue weighted by atomic mass is 16.4. The van der Waals surface area contributed by atoms with Crippen LogP contribution < -0.4 is 5.63 Å². The molecule has 0 fully saturated rings. The lowest BCUT2D eigenvalue weighted by Crippen LogP contribution is -1.99. The molecular formula is C31H18O3. The van der Waals surface area contributed by atoms with Crippen LogP contribution >= 0.6 is 0 Å². The van der Waals surface area contributed by atoms with Gasteiger partial charge in [-0.25, -0.2) is 4.79 Å². The van der Waals surface area contributed by atoms with Gasteiger partial charge in [-0.1, -0.05) is 84.9 Å². The van der Waals surface area contributed by atoms with Crippen LogP contribution in [0.25, 0.3) is 65.9 Å². The number of fused-ring (bicyclic) bond motifs is 6. The maximum atomic E-state index is 12.3. The molecule has 5 aromatic carbocycles. The molecule has 2 heterocycles. The average Bonchev–Trinajstić information content (AvgIpc) is 3.28. The molecule has 0 radical (unpaired) electrons. The van der Waals surface area contributed by atoms with Crippen molar-refractivity contribution in [2.24, 2.45) is 0 Å². The predicted molar refractivity (Wildman–Crippen MR) is 138 cm³/mol. The third-order valence-corrected chi connectivity index (χ3v) is 6.55. The molecule has 34 heavy (non-hydrogen) atoms. The van der Waals surface area contributed by atoms with E-state index in [4.69, 9.17) is 8.83 Å². The Hall–Kier alpha value is -4.63. The van der Waals surface area contributed by atoms with Crippen LogP contribution in [0.15, 0.2) is 123 Å². The Morgan fingerprint density at radius 2 is 1.09 bits per heavy atom. The van der Waals surface area contributed by atoms with Gasteiger partial charge < -0.3 is 8.83 Å². The molecule has 0 aliphatic heterocycles. The second-order valence-corrected chi connectivity index (χ2v) is 8.50. The summed E-state index contributed by atoms with van der Waals surface area (Å²) in [5.74, 6) is 0. The van der Waals surface area contributed by atoms with Crippen LogP contribution in [0.1, 0.15) is 0 Å². The van der Waals surface area contributed by atoms with E-state index in [1.165, 1.54) is 0 Å². The molecule has 2 aromatic heterocycles. The number of hydrogen-bond donors (Lipinski definition) is 0. The molecule has 7 aromatic rings. The van der Waals surface area contributed by atoms with Crippen molar-refractivity contribution < 1.29 is 8.83 Å². The summed E-state index contributed by atoms with van der Waals surface area (Å²) in [6, 6.07) is 36.5. The number of furan rings is 1. The van der Waals surface area contributed by atoms with E-state index in [2.05, 4.69) is 54.6 Å². The first-order valence-electron chi connectivity index (χ1n) is 11.2. The fourth-order valence-electron chi connectivity index (χ4n) is 4.88. The van der Waals surface area contributed by atoms with Crippen LogP contribution in [-0.2, 0) is 0 Å². The van der Waals surface area contributed by atoms with Gasteiger partial charge in [-0.15, -0.1) is 0 Å². The second-order valence-electron chi connectivity index (χ2n) is 8.50. The lowest BCUT2D eigenvalue weighted by molar-refractivity contribution is 0.569. The molecule has 0 bridgehead atoms. The summed E-state index contributed by atoms with van der Waals surface area (Å²) >= 11 is 0. The van der Waals surface area contributed by atoms with E-state index in [0.717, 1.165) is 55.0 Å². The van der Waals surface area contributed by atoms with Gasteiger partial charge in [0.2, 0.25) is 0 Å². The summed E-state index contributed by atoms with van der Waals surface area (Å²) < 4.78 is 11.8. The normalized spacial score (nSPS) is 11.6. The molecule has 0 saturated heterocycles. The Morgan fingerprint density at radius 1 is 0.441 bits per heavy atom. The minimum atomic E-state index is -0.306. The lowest BCUT2D eigenvalue weighted by atomic mass is 9.97. The molecule has 3 nitrogen and oxygen atoms in total. The summed E-state index contributed by atoms with van der Waals surface area (Å²) in [5.41, 5.74) is 6.44. The smallest absolute Gasteiger partial charge is 0.344 e. The molecule has 0 aliphatic carbocycles. The van der Waals surface area contributed by atoms with Crippen molar-refractivity contribution in [1.82, 2.24) is 0 Å². The highest BCUT2D eigenvalue weighted by molar-refractivity contribution is 6.09. The highest BCUT2D eigenvalue weighted by Gasteiger charge is 2.12. The molecular weight excluding hydrogens is 420 g/mol. The van der Waals surface area contributed by atoms with E-state index < -0.39 is 0 Å². The van der Waals surface area contributed by atoms with Gasteiger partial charge in [-0.3, -0.25) is 0 Å². The Labute approximate surface area is 194 Å². The number of benzene rings is 5. The molecule has 0 N–H and O–H groups in total. The maximum absolute atomic E-state index is 12.3. The third kappa shape index (κ3) is 2.81. The minimum absolute atomic E-state index is 0.306. The fourth-order valence-corrected chi connectivity index (χ4v) is 4.88. The molecule has 0 saturated carbocycles. The zero-order chi connectivity index (χ0) is 22.6. The van der Waals surface area contributed by atoms with E-state index in [1.807, 2.05) is 48.5 Å². The average molecular weight is 438 g/mol. The van der Waals surface area contributed by atoms with Crippen molar-refractivity contribution in [2.75, 3.05) is 0 Å². The lowest BCUT2D eigenvalue weighted by Gasteiger charge is -2.08.